The normalized spacial score (nSPS) is 14.6. The lowest BCUT2D eigenvalue weighted by Crippen LogP contribution is -2.49. The van der Waals surface area contributed by atoms with Gasteiger partial charge in [-0.1, -0.05) is 6.07 Å². The van der Waals surface area contributed by atoms with Gasteiger partial charge in [-0.05, 0) is 29.8 Å². The van der Waals surface area contributed by atoms with Crippen LogP contribution in [0.15, 0.2) is 48.9 Å². The smallest absolute Gasteiger partial charge is 0.361 e. The number of imidazole rings is 1. The van der Waals surface area contributed by atoms with Crippen molar-refractivity contribution in [3.05, 3.63) is 66.0 Å². The van der Waals surface area contributed by atoms with E-state index in [0.717, 1.165) is 45.2 Å². The predicted octanol–water partition coefficient (Wildman–Crippen LogP) is 3.67. The highest BCUT2D eigenvalue weighted by atomic mass is 19.4. The summed E-state index contributed by atoms with van der Waals surface area (Å²) in [7, 11) is 3.84. The third-order valence-corrected chi connectivity index (χ3v) is 6.64. The molecule has 1 N–H and O–H groups in total. The summed E-state index contributed by atoms with van der Waals surface area (Å²) in [6.07, 6.45) is -0.106. The summed E-state index contributed by atoms with van der Waals surface area (Å²) in [5.41, 5.74) is 5.37. The molecule has 1 fully saturated rings. The van der Waals surface area contributed by atoms with E-state index in [2.05, 4.69) is 24.8 Å². The maximum atomic E-state index is 12.5. The Kier molecular flexibility index (Phi) is 7.47. The quantitative estimate of drug-likeness (QED) is 0.384. The summed E-state index contributed by atoms with van der Waals surface area (Å²) in [6, 6.07) is 9.88. The second-order valence-corrected chi connectivity index (χ2v) is 9.85. The fourth-order valence-electron chi connectivity index (χ4n) is 4.60. The Bertz CT molecular complexity index is 1440. The number of hydrogen-bond acceptors (Lipinski definition) is 7. The first-order valence-electron chi connectivity index (χ1n) is 12.6. The zero-order valence-corrected chi connectivity index (χ0v) is 21.7. The Hall–Kier alpha value is -4.06. The number of pyridine rings is 1. The van der Waals surface area contributed by atoms with Crippen LogP contribution in [0.3, 0.4) is 0 Å². The Morgan fingerprint density at radius 2 is 1.82 bits per heavy atom. The number of amides is 1. The molecule has 39 heavy (non-hydrogen) atoms. The van der Waals surface area contributed by atoms with Gasteiger partial charge in [0.15, 0.2) is 0 Å². The van der Waals surface area contributed by atoms with Crippen molar-refractivity contribution >= 4 is 22.8 Å². The number of hydrogen-bond donors (Lipinski definition) is 1. The van der Waals surface area contributed by atoms with Crippen molar-refractivity contribution in [3.63, 3.8) is 0 Å². The maximum Gasteiger partial charge on any atom is 0.397 e. The van der Waals surface area contributed by atoms with Gasteiger partial charge in [0, 0.05) is 70.7 Å². The van der Waals surface area contributed by atoms with Gasteiger partial charge >= 0.3 is 6.18 Å². The number of alkyl halides is 3. The zero-order chi connectivity index (χ0) is 27.6. The van der Waals surface area contributed by atoms with Gasteiger partial charge in [0.2, 0.25) is 5.91 Å². The zero-order valence-electron chi connectivity index (χ0n) is 21.7. The van der Waals surface area contributed by atoms with Crippen LogP contribution in [0.25, 0.3) is 22.3 Å². The second-order valence-electron chi connectivity index (χ2n) is 9.85. The van der Waals surface area contributed by atoms with Gasteiger partial charge in [0.25, 0.3) is 0 Å². The van der Waals surface area contributed by atoms with Crippen LogP contribution in [0, 0.1) is 0 Å². The summed E-state index contributed by atoms with van der Waals surface area (Å²) >= 11 is 0. The highest BCUT2D eigenvalue weighted by Gasteiger charge is 2.34. The largest absolute Gasteiger partial charge is 0.397 e. The van der Waals surface area contributed by atoms with Crippen LogP contribution in [0.5, 0.6) is 0 Å². The summed E-state index contributed by atoms with van der Waals surface area (Å²) < 4.78 is 37.6. The number of nitrogens with zero attached hydrogens (tertiary/aromatic N) is 7. The lowest BCUT2D eigenvalue weighted by molar-refractivity contribution is -0.162. The van der Waals surface area contributed by atoms with E-state index in [9.17, 15) is 18.0 Å². The lowest BCUT2D eigenvalue weighted by atomic mass is 10.1. The van der Waals surface area contributed by atoms with E-state index >= 15 is 0 Å². The monoisotopic (exact) mass is 538 g/mol. The number of rotatable bonds is 7. The van der Waals surface area contributed by atoms with Crippen molar-refractivity contribution in [2.45, 2.75) is 25.6 Å². The van der Waals surface area contributed by atoms with Crippen molar-refractivity contribution in [2.24, 2.45) is 0 Å². The third kappa shape index (κ3) is 6.69. The standard InChI is InChI=1S/C27H29F3N8O/c1-36(2)25-16-32-23(15-33-25)19-3-4-21-22(12-19)35-24(34-21)13-20-11-18(5-6-31-20)17-37-7-9-38(10-8-37)26(39)14-27(28,29)30/h3-6,11-12,15-16H,7-10,13-14,17H2,1-2H3,(H,34,35). The van der Waals surface area contributed by atoms with Gasteiger partial charge in [-0.2, -0.15) is 13.2 Å². The third-order valence-electron chi connectivity index (χ3n) is 6.64. The predicted molar refractivity (Wildman–Crippen MR) is 141 cm³/mol. The number of aromatic nitrogens is 5. The Morgan fingerprint density at radius 3 is 2.51 bits per heavy atom. The molecule has 9 nitrogen and oxygen atoms in total. The first kappa shape index (κ1) is 26.5. The van der Waals surface area contributed by atoms with E-state index < -0.39 is 18.5 Å². The summed E-state index contributed by atoms with van der Waals surface area (Å²) in [5, 5.41) is 0. The van der Waals surface area contributed by atoms with E-state index in [-0.39, 0.29) is 0 Å². The van der Waals surface area contributed by atoms with E-state index in [1.807, 2.05) is 49.3 Å². The molecule has 0 saturated carbocycles. The van der Waals surface area contributed by atoms with E-state index in [0.29, 0.717) is 39.1 Å². The number of benzene rings is 1. The van der Waals surface area contributed by atoms with Gasteiger partial charge < -0.3 is 14.8 Å². The number of nitrogens with one attached hydrogen (secondary N) is 1. The minimum absolute atomic E-state index is 0.291. The molecular formula is C27H29F3N8O. The van der Waals surface area contributed by atoms with Gasteiger partial charge in [-0.15, -0.1) is 0 Å². The molecule has 0 radical (unpaired) electrons. The van der Waals surface area contributed by atoms with Gasteiger partial charge in [-0.25, -0.2) is 9.97 Å². The van der Waals surface area contributed by atoms with Crippen LogP contribution in [-0.4, -0.2) is 87.1 Å². The van der Waals surface area contributed by atoms with E-state index in [4.69, 9.17) is 4.98 Å². The van der Waals surface area contributed by atoms with Crippen molar-refractivity contribution in [2.75, 3.05) is 45.2 Å². The maximum absolute atomic E-state index is 12.5. The minimum atomic E-state index is -4.48. The van der Waals surface area contributed by atoms with Crippen LogP contribution in [-0.2, 0) is 17.8 Å². The number of H-pyrrole nitrogens is 1. The lowest BCUT2D eigenvalue weighted by Gasteiger charge is -2.35. The van der Waals surface area contributed by atoms with Crippen molar-refractivity contribution in [3.8, 4) is 11.3 Å². The number of anilines is 1. The first-order valence-corrected chi connectivity index (χ1v) is 12.6. The van der Waals surface area contributed by atoms with Crippen molar-refractivity contribution in [1.29, 1.82) is 0 Å². The SMILES string of the molecule is CN(C)c1cnc(-c2ccc3nc(Cc4cc(CN5CCN(C(=O)CC(F)(F)F)CC5)ccn4)[nH]c3c2)cn1. The highest BCUT2D eigenvalue weighted by Crippen LogP contribution is 2.24. The Morgan fingerprint density at radius 1 is 1.03 bits per heavy atom. The molecule has 4 aromatic rings. The molecule has 1 saturated heterocycles. The molecule has 0 bridgehead atoms. The molecule has 1 aliphatic heterocycles. The first-order chi connectivity index (χ1) is 18.6. The van der Waals surface area contributed by atoms with Gasteiger partial charge in [-0.3, -0.25) is 19.7 Å². The molecule has 0 aliphatic carbocycles. The van der Waals surface area contributed by atoms with E-state index in [1.165, 1.54) is 4.90 Å². The molecule has 1 amide bonds. The number of fused-ring (bicyclic) bond motifs is 1. The molecule has 4 heterocycles. The molecule has 0 atom stereocenters. The molecule has 12 heteroatoms. The average molecular weight is 539 g/mol. The van der Waals surface area contributed by atoms with Crippen LogP contribution in [0.4, 0.5) is 19.0 Å². The fourth-order valence-corrected chi connectivity index (χ4v) is 4.60. The fraction of sp³-hybridized carbons (Fsp3) is 0.370. The molecule has 204 valence electrons. The molecule has 0 unspecified atom stereocenters. The molecule has 5 rings (SSSR count). The molecule has 1 aliphatic rings. The van der Waals surface area contributed by atoms with Crippen LogP contribution in [0.2, 0.25) is 0 Å². The van der Waals surface area contributed by atoms with Gasteiger partial charge in [0.05, 0.1) is 29.1 Å². The topological polar surface area (TPSA) is 94.1 Å². The summed E-state index contributed by atoms with van der Waals surface area (Å²) in [6.45, 7) is 2.26. The minimum Gasteiger partial charge on any atom is -0.361 e. The summed E-state index contributed by atoms with van der Waals surface area (Å²) in [5.74, 6) is 0.718. The molecule has 3 aromatic heterocycles. The number of carbonyl (C=O) groups excluding carboxylic acids is 1. The van der Waals surface area contributed by atoms with Crippen molar-refractivity contribution in [1.82, 2.24) is 34.7 Å². The van der Waals surface area contributed by atoms with Crippen LogP contribution < -0.4 is 4.90 Å². The molecule has 0 spiro atoms. The molecular weight excluding hydrogens is 509 g/mol. The summed E-state index contributed by atoms with van der Waals surface area (Å²) in [4.78, 5) is 38.7. The van der Waals surface area contributed by atoms with E-state index in [1.54, 1.807) is 18.6 Å². The number of aromatic amines is 1. The average Bonchev–Trinajstić information content (AvgIpc) is 3.30. The van der Waals surface area contributed by atoms with Crippen LogP contribution >= 0.6 is 0 Å². The Labute approximate surface area is 223 Å². The molecule has 1 aromatic carbocycles. The van der Waals surface area contributed by atoms with Crippen molar-refractivity contribution < 1.29 is 18.0 Å². The Balaban J connectivity index is 1.21. The van der Waals surface area contributed by atoms with Crippen LogP contribution in [0.1, 0.15) is 23.5 Å². The highest BCUT2D eigenvalue weighted by molar-refractivity contribution is 5.81. The number of halogens is 3. The number of piperazine rings is 1. The van der Waals surface area contributed by atoms with Gasteiger partial charge in [0.1, 0.15) is 18.1 Å². The second kappa shape index (κ2) is 11.0. The number of carbonyl (C=O) groups is 1.